The van der Waals surface area contributed by atoms with Crippen molar-refractivity contribution in [1.82, 2.24) is 0 Å². The number of carbonyl (C=O) groups excluding carboxylic acids is 3. The van der Waals surface area contributed by atoms with Crippen molar-refractivity contribution >= 4 is 40.6 Å². The smallest absolute Gasteiger partial charge is 0.416 e. The van der Waals surface area contributed by atoms with Gasteiger partial charge in [0, 0.05) is 30.5 Å². The number of ether oxygens (including phenoxy) is 1. The zero-order valence-electron chi connectivity index (χ0n) is 16.3. The average Bonchev–Trinajstić information content (AvgIpc) is 2.72. The summed E-state index contributed by atoms with van der Waals surface area (Å²) < 4.78 is 43.1. The van der Waals surface area contributed by atoms with Crippen LogP contribution in [0.1, 0.15) is 35.2 Å². The van der Waals surface area contributed by atoms with Crippen molar-refractivity contribution in [3.63, 3.8) is 0 Å². The van der Waals surface area contributed by atoms with Crippen molar-refractivity contribution < 1.29 is 37.2 Å². The molecule has 0 bridgehead atoms. The summed E-state index contributed by atoms with van der Waals surface area (Å²) in [5, 5.41) is 12.8. The third-order valence-electron chi connectivity index (χ3n) is 4.12. The van der Waals surface area contributed by atoms with Crippen LogP contribution in [0.5, 0.6) is 0 Å². The van der Waals surface area contributed by atoms with E-state index in [0.29, 0.717) is 6.07 Å². The first-order valence-electron chi connectivity index (χ1n) is 9.07. The zero-order valence-corrected chi connectivity index (χ0v) is 17.0. The molecule has 0 unspecified atom stereocenters. The minimum atomic E-state index is -4.60. The minimum absolute atomic E-state index is 0.0208. The van der Waals surface area contributed by atoms with Crippen LogP contribution in [-0.4, -0.2) is 29.2 Å². The maximum atomic E-state index is 12.8. The Hall–Kier alpha value is -3.47. The number of non-ortho nitro benzene ring substituents is 1. The predicted octanol–water partition coefficient (Wildman–Crippen LogP) is 4.80. The highest BCUT2D eigenvalue weighted by Gasteiger charge is 2.31. The molecule has 0 heterocycles. The van der Waals surface area contributed by atoms with Crippen molar-refractivity contribution in [3.05, 3.63) is 68.7 Å². The number of carbonyl (C=O) groups is 3. The molecule has 0 aliphatic carbocycles. The van der Waals surface area contributed by atoms with Gasteiger partial charge in [-0.1, -0.05) is 11.6 Å². The van der Waals surface area contributed by atoms with Crippen molar-refractivity contribution in [3.8, 4) is 0 Å². The molecule has 8 nitrogen and oxygen atoms in total. The second-order valence-electron chi connectivity index (χ2n) is 6.48. The Labute approximate surface area is 184 Å². The molecule has 0 radical (unpaired) electrons. The summed E-state index contributed by atoms with van der Waals surface area (Å²) in [6, 6.07) is 7.26. The van der Waals surface area contributed by atoms with Gasteiger partial charge < -0.3 is 10.1 Å². The number of hydrogen-bond donors (Lipinski definition) is 1. The van der Waals surface area contributed by atoms with Crippen LogP contribution in [0.4, 0.5) is 24.5 Å². The van der Waals surface area contributed by atoms with Gasteiger partial charge in [-0.25, -0.2) is 0 Å². The maximum Gasteiger partial charge on any atom is 0.416 e. The molecule has 0 aliphatic rings. The third-order valence-corrected chi connectivity index (χ3v) is 4.45. The fourth-order valence-electron chi connectivity index (χ4n) is 2.47. The van der Waals surface area contributed by atoms with Crippen LogP contribution < -0.4 is 5.32 Å². The number of nitrogens with one attached hydrogen (secondary N) is 1. The van der Waals surface area contributed by atoms with Crippen molar-refractivity contribution in [2.24, 2.45) is 0 Å². The summed E-state index contributed by atoms with van der Waals surface area (Å²) in [5.74, 6) is -1.98. The first-order chi connectivity index (χ1) is 15.0. The fraction of sp³-hybridized carbons (Fsp3) is 0.250. The maximum absolute atomic E-state index is 12.8. The summed E-state index contributed by atoms with van der Waals surface area (Å²) >= 11 is 5.80. The van der Waals surface area contributed by atoms with Gasteiger partial charge >= 0.3 is 12.1 Å². The minimum Gasteiger partial charge on any atom is -0.457 e. The Balaban J connectivity index is 1.76. The number of nitrogens with zero attached hydrogens (tertiary/aromatic N) is 1. The van der Waals surface area contributed by atoms with E-state index in [1.165, 1.54) is 12.1 Å². The summed E-state index contributed by atoms with van der Waals surface area (Å²) in [6.45, 7) is -0.581. The molecule has 0 fully saturated rings. The number of nitro benzene ring substituents is 1. The van der Waals surface area contributed by atoms with Crippen LogP contribution in [-0.2, 0) is 20.5 Å². The van der Waals surface area contributed by atoms with E-state index in [0.717, 1.165) is 24.3 Å². The van der Waals surface area contributed by atoms with Gasteiger partial charge in [-0.15, -0.1) is 0 Å². The highest BCUT2D eigenvalue weighted by molar-refractivity contribution is 6.33. The Bertz CT molecular complexity index is 1020. The van der Waals surface area contributed by atoms with E-state index in [4.69, 9.17) is 16.3 Å². The lowest BCUT2D eigenvalue weighted by Crippen LogP contribution is -2.16. The lowest BCUT2D eigenvalue weighted by Gasteiger charge is -2.11. The quantitative estimate of drug-likeness (QED) is 0.242. The van der Waals surface area contributed by atoms with E-state index in [9.17, 15) is 37.7 Å². The van der Waals surface area contributed by atoms with E-state index < -0.39 is 40.9 Å². The lowest BCUT2D eigenvalue weighted by atomic mass is 10.1. The molecule has 170 valence electrons. The second-order valence-corrected chi connectivity index (χ2v) is 6.89. The van der Waals surface area contributed by atoms with Crippen LogP contribution in [0.15, 0.2) is 42.5 Å². The molecular weight excluding hydrogens is 457 g/mol. The number of rotatable bonds is 9. The molecule has 0 atom stereocenters. The third kappa shape index (κ3) is 7.34. The highest BCUT2D eigenvalue weighted by atomic mass is 35.5. The first-order valence-corrected chi connectivity index (χ1v) is 9.45. The van der Waals surface area contributed by atoms with E-state index >= 15 is 0 Å². The molecule has 2 rings (SSSR count). The topological polar surface area (TPSA) is 116 Å². The van der Waals surface area contributed by atoms with E-state index in [-0.39, 0.29) is 41.2 Å². The molecule has 12 heteroatoms. The Kier molecular flexibility index (Phi) is 8.30. The van der Waals surface area contributed by atoms with Crippen LogP contribution in [0.25, 0.3) is 0 Å². The monoisotopic (exact) mass is 472 g/mol. The lowest BCUT2D eigenvalue weighted by molar-refractivity contribution is -0.384. The van der Waals surface area contributed by atoms with Gasteiger partial charge in [0.15, 0.2) is 12.4 Å². The van der Waals surface area contributed by atoms with Crippen LogP contribution >= 0.6 is 11.6 Å². The number of amides is 1. The number of ketones is 1. The Morgan fingerprint density at radius 2 is 1.72 bits per heavy atom. The summed E-state index contributed by atoms with van der Waals surface area (Å²) in [4.78, 5) is 45.6. The Morgan fingerprint density at radius 3 is 2.31 bits per heavy atom. The number of esters is 1. The van der Waals surface area contributed by atoms with Gasteiger partial charge in [0.25, 0.3) is 5.69 Å². The standard InChI is InChI=1S/C20H16ClF3N2O6/c21-15-9-6-13(20(22,23)24)10-16(15)25-18(28)2-1-3-19(29)32-11-17(27)12-4-7-14(8-5-12)26(30)31/h4-10H,1-3,11H2,(H,25,28). The molecule has 2 aromatic rings. The molecule has 0 aromatic heterocycles. The number of benzene rings is 2. The van der Waals surface area contributed by atoms with Crippen molar-refractivity contribution in [2.75, 3.05) is 11.9 Å². The number of anilines is 1. The first kappa shape index (κ1) is 24.8. The number of halogens is 4. The van der Waals surface area contributed by atoms with Crippen molar-refractivity contribution in [2.45, 2.75) is 25.4 Å². The van der Waals surface area contributed by atoms with Crippen LogP contribution in [0, 0.1) is 10.1 Å². The molecule has 1 N–H and O–H groups in total. The average molecular weight is 473 g/mol. The van der Waals surface area contributed by atoms with E-state index in [1.54, 1.807) is 0 Å². The SMILES string of the molecule is O=C(CCCC(=O)OCC(=O)c1ccc([N+](=O)[O-])cc1)Nc1cc(C(F)(F)F)ccc1Cl. The zero-order chi connectivity index (χ0) is 23.9. The largest absolute Gasteiger partial charge is 0.457 e. The van der Waals surface area contributed by atoms with Crippen LogP contribution in [0.3, 0.4) is 0 Å². The molecule has 0 aliphatic heterocycles. The number of hydrogen-bond acceptors (Lipinski definition) is 6. The molecule has 1 amide bonds. The van der Waals surface area contributed by atoms with Gasteiger partial charge in [-0.2, -0.15) is 13.2 Å². The van der Waals surface area contributed by atoms with Gasteiger partial charge in [0.1, 0.15) is 0 Å². The number of Topliss-reactive ketones (excluding diaryl/α,β-unsaturated/α-hetero) is 1. The van der Waals surface area contributed by atoms with E-state index in [1.807, 2.05) is 0 Å². The normalized spacial score (nSPS) is 11.0. The Morgan fingerprint density at radius 1 is 1.06 bits per heavy atom. The van der Waals surface area contributed by atoms with Gasteiger partial charge in [-0.05, 0) is 36.8 Å². The predicted molar refractivity (Wildman–Crippen MR) is 107 cm³/mol. The summed E-state index contributed by atoms with van der Waals surface area (Å²) in [7, 11) is 0. The molecule has 32 heavy (non-hydrogen) atoms. The number of nitro groups is 1. The molecule has 2 aromatic carbocycles. The number of alkyl halides is 3. The summed E-state index contributed by atoms with van der Waals surface area (Å²) in [5.41, 5.74) is -1.25. The molecular formula is C20H16ClF3N2O6. The van der Waals surface area contributed by atoms with Gasteiger partial charge in [-0.3, -0.25) is 24.5 Å². The van der Waals surface area contributed by atoms with Gasteiger partial charge in [0.2, 0.25) is 5.91 Å². The molecule has 0 saturated heterocycles. The fourth-order valence-corrected chi connectivity index (χ4v) is 2.64. The summed E-state index contributed by atoms with van der Waals surface area (Å²) in [6.07, 6.45) is -4.98. The van der Waals surface area contributed by atoms with Crippen molar-refractivity contribution in [1.29, 1.82) is 0 Å². The molecule has 0 saturated carbocycles. The van der Waals surface area contributed by atoms with Crippen LogP contribution in [0.2, 0.25) is 5.02 Å². The van der Waals surface area contributed by atoms with E-state index in [2.05, 4.69) is 5.32 Å². The molecule has 0 spiro atoms. The second kappa shape index (κ2) is 10.7. The highest BCUT2D eigenvalue weighted by Crippen LogP contribution is 2.33. The van der Waals surface area contributed by atoms with Gasteiger partial charge in [0.05, 0.1) is 21.2 Å².